The van der Waals surface area contributed by atoms with E-state index in [0.29, 0.717) is 17.9 Å². The number of carbonyl (C=O) groups is 1. The summed E-state index contributed by atoms with van der Waals surface area (Å²) in [4.78, 5) is 11.2. The molecular formula is C30H27N3O3. The van der Waals surface area contributed by atoms with Gasteiger partial charge in [-0.2, -0.15) is 0 Å². The molecule has 6 heteroatoms. The van der Waals surface area contributed by atoms with Crippen molar-refractivity contribution in [3.05, 3.63) is 113 Å². The van der Waals surface area contributed by atoms with Crippen LogP contribution in [0.15, 0.2) is 91.0 Å². The third kappa shape index (κ3) is 4.18. The number of hydrogen-bond donors (Lipinski definition) is 1. The average Bonchev–Trinajstić information content (AvgIpc) is 3.28. The summed E-state index contributed by atoms with van der Waals surface area (Å²) in [5.41, 5.74) is 4.65. The number of methoxy groups -OCH3 is 2. The van der Waals surface area contributed by atoms with E-state index in [4.69, 9.17) is 14.6 Å². The van der Waals surface area contributed by atoms with Gasteiger partial charge in [0, 0.05) is 29.3 Å². The Morgan fingerprint density at radius 1 is 0.917 bits per heavy atom. The van der Waals surface area contributed by atoms with Crippen LogP contribution in [0, 0.1) is 0 Å². The normalized spacial score (nSPS) is 16.5. The molecule has 0 bridgehead atoms. The number of fused-ring (bicyclic) bond motifs is 1. The molecule has 0 saturated carbocycles. The number of nitrogens with zero attached hydrogens (tertiary/aromatic N) is 2. The van der Waals surface area contributed by atoms with Crippen LogP contribution in [0.5, 0.6) is 11.5 Å². The lowest BCUT2D eigenvalue weighted by Crippen LogP contribution is -2.31. The highest BCUT2D eigenvalue weighted by atomic mass is 16.5. The van der Waals surface area contributed by atoms with Crippen LogP contribution in [0.25, 0.3) is 12.3 Å². The molecule has 0 saturated heterocycles. The summed E-state index contributed by atoms with van der Waals surface area (Å²) >= 11 is 0. The van der Waals surface area contributed by atoms with Gasteiger partial charge in [-0.05, 0) is 41.5 Å². The van der Waals surface area contributed by atoms with E-state index in [1.165, 1.54) is 6.08 Å². The summed E-state index contributed by atoms with van der Waals surface area (Å²) in [7, 11) is 3.28. The number of para-hydroxylation sites is 1. The number of aromatic nitrogens is 2. The van der Waals surface area contributed by atoms with E-state index in [2.05, 4.69) is 35.7 Å². The van der Waals surface area contributed by atoms with E-state index in [0.717, 1.165) is 40.2 Å². The number of aldehydes is 1. The minimum absolute atomic E-state index is 0.482. The molecule has 1 heterocycles. The van der Waals surface area contributed by atoms with Crippen molar-refractivity contribution in [2.45, 2.75) is 11.8 Å². The molecular weight excluding hydrogens is 450 g/mol. The highest BCUT2D eigenvalue weighted by molar-refractivity contribution is 5.76. The summed E-state index contributed by atoms with van der Waals surface area (Å²) in [6.07, 6.45) is 8.90. The third-order valence-corrected chi connectivity index (χ3v) is 6.56. The van der Waals surface area contributed by atoms with Gasteiger partial charge in [-0.25, -0.2) is 4.68 Å². The fourth-order valence-electron chi connectivity index (χ4n) is 4.79. The fourth-order valence-corrected chi connectivity index (χ4v) is 4.79. The predicted octanol–water partition coefficient (Wildman–Crippen LogP) is 5.87. The van der Waals surface area contributed by atoms with Gasteiger partial charge in [0.15, 0.2) is 17.3 Å². The molecule has 4 aromatic rings. The van der Waals surface area contributed by atoms with Gasteiger partial charge in [0.2, 0.25) is 0 Å². The standard InChI is InChI=1S/C30H27N3O3/c1-35-27-15-14-23(20-28(27)36-2)30(22-10-5-3-6-11-22)17-16-25-26(21-30)33(18-9-19-34)32-29(25)31-24-12-7-4-8-13-24/h3-20H,21H2,1-2H3,(H,31,32). The first-order chi connectivity index (χ1) is 17.7. The zero-order valence-corrected chi connectivity index (χ0v) is 20.2. The van der Waals surface area contributed by atoms with E-state index in [1.54, 1.807) is 25.1 Å². The van der Waals surface area contributed by atoms with Crippen molar-refractivity contribution in [2.24, 2.45) is 0 Å². The number of benzene rings is 3. The minimum Gasteiger partial charge on any atom is -0.493 e. The van der Waals surface area contributed by atoms with Gasteiger partial charge >= 0.3 is 0 Å². The number of hydrogen-bond acceptors (Lipinski definition) is 5. The van der Waals surface area contributed by atoms with Gasteiger partial charge in [0.05, 0.1) is 19.9 Å². The molecule has 1 N–H and O–H groups in total. The number of anilines is 2. The van der Waals surface area contributed by atoms with E-state index in [1.807, 2.05) is 60.7 Å². The Labute approximate surface area is 210 Å². The SMILES string of the molecule is COc1ccc(C2(c3ccccc3)C=Cc3c(Nc4ccccc4)nn(C=CC=O)c3C2)cc1OC. The molecule has 0 aliphatic heterocycles. The molecule has 1 aliphatic carbocycles. The van der Waals surface area contributed by atoms with Gasteiger partial charge < -0.3 is 14.8 Å². The van der Waals surface area contributed by atoms with Crippen molar-refractivity contribution in [1.82, 2.24) is 9.78 Å². The Morgan fingerprint density at radius 2 is 1.64 bits per heavy atom. The summed E-state index contributed by atoms with van der Waals surface area (Å²) in [5.74, 6) is 2.08. The molecule has 6 nitrogen and oxygen atoms in total. The molecule has 0 radical (unpaired) electrons. The van der Waals surface area contributed by atoms with Crippen LogP contribution in [0.3, 0.4) is 0 Å². The van der Waals surface area contributed by atoms with Crippen LogP contribution in [-0.2, 0) is 16.6 Å². The number of rotatable bonds is 8. The first kappa shape index (κ1) is 23.2. The van der Waals surface area contributed by atoms with E-state index >= 15 is 0 Å². The molecule has 0 amide bonds. The second kappa shape index (κ2) is 9.96. The van der Waals surface area contributed by atoms with Crippen molar-refractivity contribution in [2.75, 3.05) is 19.5 Å². The monoisotopic (exact) mass is 477 g/mol. The van der Waals surface area contributed by atoms with Gasteiger partial charge in [-0.15, -0.1) is 5.10 Å². The van der Waals surface area contributed by atoms with Crippen molar-refractivity contribution in [3.8, 4) is 11.5 Å². The Morgan fingerprint density at radius 3 is 2.33 bits per heavy atom. The number of carbonyl (C=O) groups excluding carboxylic acids is 1. The number of ether oxygens (including phenoxy) is 2. The van der Waals surface area contributed by atoms with Gasteiger partial charge in [-0.1, -0.05) is 66.7 Å². The molecule has 1 unspecified atom stereocenters. The molecule has 5 rings (SSSR count). The Balaban J connectivity index is 1.68. The fraction of sp³-hybridized carbons (Fsp3) is 0.133. The molecule has 3 aromatic carbocycles. The van der Waals surface area contributed by atoms with Gasteiger partial charge in [0.1, 0.15) is 6.29 Å². The second-order valence-electron chi connectivity index (χ2n) is 8.54. The van der Waals surface area contributed by atoms with Gasteiger partial charge in [-0.3, -0.25) is 4.79 Å². The van der Waals surface area contributed by atoms with Crippen LogP contribution < -0.4 is 14.8 Å². The second-order valence-corrected chi connectivity index (χ2v) is 8.54. The van der Waals surface area contributed by atoms with Gasteiger partial charge in [0.25, 0.3) is 0 Å². The van der Waals surface area contributed by atoms with Crippen molar-refractivity contribution in [3.63, 3.8) is 0 Å². The number of allylic oxidation sites excluding steroid dienone is 2. The lowest BCUT2D eigenvalue weighted by atomic mass is 9.68. The Kier molecular flexibility index (Phi) is 6.41. The molecule has 0 fully saturated rings. The summed E-state index contributed by atoms with van der Waals surface area (Å²) < 4.78 is 12.9. The van der Waals surface area contributed by atoms with Crippen molar-refractivity contribution < 1.29 is 14.3 Å². The summed E-state index contributed by atoms with van der Waals surface area (Å²) in [6, 6.07) is 26.4. The average molecular weight is 478 g/mol. The quantitative estimate of drug-likeness (QED) is 0.254. The smallest absolute Gasteiger partial charge is 0.161 e. The predicted molar refractivity (Wildman–Crippen MR) is 143 cm³/mol. The molecule has 1 aliphatic rings. The zero-order valence-electron chi connectivity index (χ0n) is 20.2. The maximum Gasteiger partial charge on any atom is 0.161 e. The molecule has 1 aromatic heterocycles. The molecule has 36 heavy (non-hydrogen) atoms. The number of nitrogens with one attached hydrogen (secondary N) is 1. The molecule has 180 valence electrons. The maximum atomic E-state index is 11.2. The lowest BCUT2D eigenvalue weighted by molar-refractivity contribution is -0.104. The Bertz CT molecular complexity index is 1420. The Hall–Kier alpha value is -4.58. The van der Waals surface area contributed by atoms with Crippen LogP contribution >= 0.6 is 0 Å². The minimum atomic E-state index is -0.482. The van der Waals surface area contributed by atoms with E-state index in [-0.39, 0.29) is 0 Å². The summed E-state index contributed by atoms with van der Waals surface area (Å²) in [6.45, 7) is 0. The van der Waals surface area contributed by atoms with Crippen LogP contribution in [-0.4, -0.2) is 30.3 Å². The van der Waals surface area contributed by atoms with E-state index < -0.39 is 5.41 Å². The van der Waals surface area contributed by atoms with Crippen LogP contribution in [0.2, 0.25) is 0 Å². The van der Waals surface area contributed by atoms with Crippen LogP contribution in [0.4, 0.5) is 11.5 Å². The third-order valence-electron chi connectivity index (χ3n) is 6.56. The first-order valence-corrected chi connectivity index (χ1v) is 11.7. The lowest BCUT2D eigenvalue weighted by Gasteiger charge is -2.35. The zero-order chi connectivity index (χ0) is 25.0. The molecule has 0 spiro atoms. The highest BCUT2D eigenvalue weighted by Gasteiger charge is 2.38. The maximum absolute atomic E-state index is 11.2. The van der Waals surface area contributed by atoms with Crippen molar-refractivity contribution in [1.29, 1.82) is 0 Å². The van der Waals surface area contributed by atoms with Crippen LogP contribution in [0.1, 0.15) is 22.4 Å². The molecule has 1 atom stereocenters. The summed E-state index contributed by atoms with van der Waals surface area (Å²) in [5, 5.41) is 8.23. The van der Waals surface area contributed by atoms with Crippen molar-refractivity contribution >= 4 is 30.1 Å². The largest absolute Gasteiger partial charge is 0.493 e. The first-order valence-electron chi connectivity index (χ1n) is 11.7. The highest BCUT2D eigenvalue weighted by Crippen LogP contribution is 2.45. The topological polar surface area (TPSA) is 65.4 Å². The van der Waals surface area contributed by atoms with E-state index in [9.17, 15) is 4.79 Å².